The van der Waals surface area contributed by atoms with Crippen molar-refractivity contribution in [3.05, 3.63) is 54.0 Å². The lowest BCUT2D eigenvalue weighted by atomic mass is 10.2. The van der Waals surface area contributed by atoms with Gasteiger partial charge in [0.1, 0.15) is 0 Å². The molecule has 0 radical (unpaired) electrons. The number of benzene rings is 1. The quantitative estimate of drug-likeness (QED) is 0.732. The molecule has 27 heavy (non-hydrogen) atoms. The molecule has 2 heterocycles. The lowest BCUT2D eigenvalue weighted by Gasteiger charge is -2.19. The number of furan rings is 1. The van der Waals surface area contributed by atoms with Crippen LogP contribution in [0.4, 0.5) is 5.69 Å². The summed E-state index contributed by atoms with van der Waals surface area (Å²) in [5, 5.41) is 5.70. The Morgan fingerprint density at radius 2 is 1.70 bits per heavy atom. The number of carbonyl (C=O) groups is 2. The van der Waals surface area contributed by atoms with Crippen LogP contribution in [0.5, 0.6) is 0 Å². The van der Waals surface area contributed by atoms with Crippen LogP contribution in [0, 0.1) is 0 Å². The Balaban J connectivity index is 1.40. The highest BCUT2D eigenvalue weighted by molar-refractivity contribution is 6.02. The molecule has 3 rings (SSSR count). The first-order valence-corrected chi connectivity index (χ1v) is 9.68. The molecule has 1 saturated heterocycles. The van der Waals surface area contributed by atoms with Gasteiger partial charge in [-0.05, 0) is 75.3 Å². The van der Waals surface area contributed by atoms with Gasteiger partial charge in [-0.2, -0.15) is 0 Å². The van der Waals surface area contributed by atoms with Crippen molar-refractivity contribution in [1.29, 1.82) is 0 Å². The molecular weight excluding hydrogens is 342 g/mol. The van der Waals surface area contributed by atoms with Crippen LogP contribution in [0.1, 0.15) is 53.0 Å². The van der Waals surface area contributed by atoms with E-state index in [9.17, 15) is 9.59 Å². The topological polar surface area (TPSA) is 74.6 Å². The summed E-state index contributed by atoms with van der Waals surface area (Å²) in [5.41, 5.74) is 1.20. The highest BCUT2D eigenvalue weighted by Gasteiger charge is 2.11. The summed E-state index contributed by atoms with van der Waals surface area (Å²) in [6.45, 7) is 4.07. The summed E-state index contributed by atoms with van der Waals surface area (Å²) < 4.78 is 5.06. The van der Waals surface area contributed by atoms with E-state index in [1.807, 2.05) is 0 Å². The second-order valence-corrected chi connectivity index (χ2v) is 6.87. The number of likely N-dealkylation sites (tertiary alicyclic amines) is 1. The smallest absolute Gasteiger partial charge is 0.291 e. The predicted molar refractivity (Wildman–Crippen MR) is 105 cm³/mol. The van der Waals surface area contributed by atoms with Crippen LogP contribution in [-0.4, -0.2) is 42.9 Å². The highest BCUT2D eigenvalue weighted by atomic mass is 16.3. The molecule has 6 nitrogen and oxygen atoms in total. The molecule has 2 amide bonds. The maximum Gasteiger partial charge on any atom is 0.291 e. The first-order chi connectivity index (χ1) is 13.2. The van der Waals surface area contributed by atoms with E-state index in [-0.39, 0.29) is 17.6 Å². The molecule has 1 aromatic heterocycles. The van der Waals surface area contributed by atoms with Gasteiger partial charge in [0.05, 0.1) is 6.26 Å². The zero-order chi connectivity index (χ0) is 18.9. The van der Waals surface area contributed by atoms with Crippen molar-refractivity contribution >= 4 is 17.5 Å². The number of rotatable bonds is 7. The van der Waals surface area contributed by atoms with Gasteiger partial charge < -0.3 is 20.0 Å². The molecule has 0 spiro atoms. The van der Waals surface area contributed by atoms with Crippen molar-refractivity contribution in [1.82, 2.24) is 10.2 Å². The number of nitrogens with zero attached hydrogens (tertiary/aromatic N) is 1. The lowest BCUT2D eigenvalue weighted by Crippen LogP contribution is -2.30. The van der Waals surface area contributed by atoms with Gasteiger partial charge in [0.15, 0.2) is 5.76 Å². The molecule has 144 valence electrons. The normalized spacial score (nSPS) is 15.1. The molecule has 0 bridgehead atoms. The zero-order valence-electron chi connectivity index (χ0n) is 15.6. The van der Waals surface area contributed by atoms with E-state index < -0.39 is 0 Å². The second-order valence-electron chi connectivity index (χ2n) is 6.87. The molecule has 0 atom stereocenters. The van der Waals surface area contributed by atoms with Crippen LogP contribution in [0.15, 0.2) is 47.1 Å². The molecular formula is C21H27N3O3. The van der Waals surface area contributed by atoms with Gasteiger partial charge in [-0.1, -0.05) is 12.8 Å². The van der Waals surface area contributed by atoms with Gasteiger partial charge >= 0.3 is 0 Å². The number of hydrogen-bond acceptors (Lipinski definition) is 4. The largest absolute Gasteiger partial charge is 0.459 e. The first-order valence-electron chi connectivity index (χ1n) is 9.68. The Morgan fingerprint density at radius 1 is 0.963 bits per heavy atom. The Labute approximate surface area is 159 Å². The molecule has 6 heteroatoms. The van der Waals surface area contributed by atoms with Crippen molar-refractivity contribution in [2.24, 2.45) is 0 Å². The highest BCUT2D eigenvalue weighted by Crippen LogP contribution is 2.12. The van der Waals surface area contributed by atoms with Crippen LogP contribution in [0.25, 0.3) is 0 Å². The van der Waals surface area contributed by atoms with E-state index in [0.29, 0.717) is 17.8 Å². The Bertz CT molecular complexity index is 718. The molecule has 0 aliphatic carbocycles. The van der Waals surface area contributed by atoms with Gasteiger partial charge in [0.25, 0.3) is 11.8 Å². The monoisotopic (exact) mass is 369 g/mol. The van der Waals surface area contributed by atoms with Crippen LogP contribution in [-0.2, 0) is 0 Å². The number of hydrogen-bond donors (Lipinski definition) is 2. The van der Waals surface area contributed by atoms with Crippen molar-refractivity contribution < 1.29 is 14.0 Å². The van der Waals surface area contributed by atoms with Crippen LogP contribution in [0.3, 0.4) is 0 Å². The van der Waals surface area contributed by atoms with E-state index in [1.165, 1.54) is 45.0 Å². The van der Waals surface area contributed by atoms with Crippen LogP contribution in [0.2, 0.25) is 0 Å². The van der Waals surface area contributed by atoms with Crippen molar-refractivity contribution in [2.45, 2.75) is 32.1 Å². The van der Waals surface area contributed by atoms with E-state index >= 15 is 0 Å². The number of anilines is 1. The molecule has 1 fully saturated rings. The minimum absolute atomic E-state index is 0.0882. The fraction of sp³-hybridized carbons (Fsp3) is 0.429. The Morgan fingerprint density at radius 3 is 2.37 bits per heavy atom. The average molecular weight is 369 g/mol. The van der Waals surface area contributed by atoms with Crippen molar-refractivity contribution in [3.8, 4) is 0 Å². The van der Waals surface area contributed by atoms with E-state index in [1.54, 1.807) is 36.4 Å². The van der Waals surface area contributed by atoms with E-state index in [2.05, 4.69) is 15.5 Å². The summed E-state index contributed by atoms with van der Waals surface area (Å²) in [7, 11) is 0. The summed E-state index contributed by atoms with van der Waals surface area (Å²) in [4.78, 5) is 26.7. The lowest BCUT2D eigenvalue weighted by molar-refractivity contribution is 0.0950. The maximum atomic E-state index is 12.2. The minimum atomic E-state index is -0.314. The van der Waals surface area contributed by atoms with Crippen molar-refractivity contribution in [2.75, 3.05) is 31.5 Å². The summed E-state index contributed by atoms with van der Waals surface area (Å²) >= 11 is 0. The summed E-state index contributed by atoms with van der Waals surface area (Å²) in [6, 6.07) is 10.1. The molecule has 1 aliphatic rings. The Kier molecular flexibility index (Phi) is 7.04. The summed E-state index contributed by atoms with van der Waals surface area (Å²) in [6.07, 6.45) is 7.67. The van der Waals surface area contributed by atoms with Crippen LogP contribution < -0.4 is 10.6 Å². The fourth-order valence-corrected chi connectivity index (χ4v) is 3.27. The molecule has 0 unspecified atom stereocenters. The Hall–Kier alpha value is -2.60. The number of amides is 2. The van der Waals surface area contributed by atoms with Gasteiger partial charge in [-0.15, -0.1) is 0 Å². The second kappa shape index (κ2) is 9.92. The van der Waals surface area contributed by atoms with Gasteiger partial charge in [0, 0.05) is 17.8 Å². The molecule has 2 aromatic rings. The minimum Gasteiger partial charge on any atom is -0.459 e. The third kappa shape index (κ3) is 5.96. The number of carbonyl (C=O) groups excluding carboxylic acids is 2. The van der Waals surface area contributed by atoms with Gasteiger partial charge in [0.2, 0.25) is 0 Å². The number of nitrogens with one attached hydrogen (secondary N) is 2. The molecule has 0 saturated carbocycles. The molecule has 2 N–H and O–H groups in total. The third-order valence-corrected chi connectivity index (χ3v) is 4.79. The van der Waals surface area contributed by atoms with Gasteiger partial charge in [-0.3, -0.25) is 9.59 Å². The molecule has 1 aromatic carbocycles. The SMILES string of the molecule is O=C(NCCCN1CCCCCC1)c1ccc(NC(=O)c2ccco2)cc1. The van der Waals surface area contributed by atoms with Crippen LogP contribution >= 0.6 is 0 Å². The molecule has 1 aliphatic heterocycles. The summed E-state index contributed by atoms with van der Waals surface area (Å²) in [5.74, 6) is -0.151. The third-order valence-electron chi connectivity index (χ3n) is 4.79. The van der Waals surface area contributed by atoms with E-state index in [0.717, 1.165) is 13.0 Å². The average Bonchev–Trinajstić information content (AvgIpc) is 3.10. The van der Waals surface area contributed by atoms with Crippen molar-refractivity contribution in [3.63, 3.8) is 0 Å². The maximum absolute atomic E-state index is 12.2. The standard InChI is InChI=1S/C21H27N3O3/c25-20(22-12-6-15-24-13-3-1-2-4-14-24)17-8-10-18(11-9-17)23-21(26)19-7-5-16-27-19/h5,7-11,16H,1-4,6,12-15H2,(H,22,25)(H,23,26). The predicted octanol–water partition coefficient (Wildman–Crippen LogP) is 3.53. The first kappa shape index (κ1) is 19.2. The van der Waals surface area contributed by atoms with Gasteiger partial charge in [-0.25, -0.2) is 0 Å². The van der Waals surface area contributed by atoms with E-state index in [4.69, 9.17) is 4.42 Å². The fourth-order valence-electron chi connectivity index (χ4n) is 3.27. The zero-order valence-corrected chi connectivity index (χ0v) is 15.6.